The van der Waals surface area contributed by atoms with Crippen LogP contribution in [0.5, 0.6) is 0 Å². The average molecular weight is 459 g/mol. The first-order valence-electron chi connectivity index (χ1n) is 8.60. The number of nitro benzene ring substituents is 2. The zero-order valence-electron chi connectivity index (χ0n) is 15.6. The van der Waals surface area contributed by atoms with Gasteiger partial charge in [0, 0.05) is 18.2 Å². The van der Waals surface area contributed by atoms with E-state index >= 15 is 0 Å². The lowest BCUT2D eigenvalue weighted by molar-refractivity contribution is -0.394. The molecular formula is C18H11ClN6O5S. The summed E-state index contributed by atoms with van der Waals surface area (Å²) in [5, 5.41) is 30.0. The standard InChI is InChI=1S/C18H11ClN6O5S/c1-9-5-15(23(22-9)18-21-16-13(19)3-2-4-14(16)31-18)20-17(26)10-6-11(24(27)28)8-12(7-10)25(29)30/h2-8H,1H3,(H,20,26). The molecule has 11 nitrogen and oxygen atoms in total. The second-order valence-corrected chi connectivity index (χ2v) is 7.79. The fourth-order valence-corrected chi connectivity index (χ4v) is 4.08. The van der Waals surface area contributed by atoms with E-state index in [0.717, 1.165) is 22.9 Å². The number of aryl methyl sites for hydroxylation is 1. The molecule has 0 fully saturated rings. The summed E-state index contributed by atoms with van der Waals surface area (Å²) in [5.74, 6) is -0.529. The Balaban J connectivity index is 1.72. The summed E-state index contributed by atoms with van der Waals surface area (Å²) in [4.78, 5) is 37.8. The first kappa shape index (κ1) is 20.4. The van der Waals surface area contributed by atoms with Crippen LogP contribution in [0.25, 0.3) is 15.3 Å². The number of nitrogens with zero attached hydrogens (tertiary/aromatic N) is 5. The maximum absolute atomic E-state index is 12.7. The van der Waals surface area contributed by atoms with Crippen molar-refractivity contribution in [2.75, 3.05) is 5.32 Å². The Bertz CT molecular complexity index is 1350. The van der Waals surface area contributed by atoms with Crippen molar-refractivity contribution in [2.24, 2.45) is 0 Å². The zero-order chi connectivity index (χ0) is 22.3. The molecule has 0 aliphatic heterocycles. The Kier molecular flexibility index (Phi) is 5.09. The Morgan fingerprint density at radius 3 is 2.42 bits per heavy atom. The molecule has 2 heterocycles. The minimum absolute atomic E-state index is 0.237. The number of carbonyl (C=O) groups excluding carboxylic acids is 1. The van der Waals surface area contributed by atoms with Crippen molar-refractivity contribution in [3.63, 3.8) is 0 Å². The Hall–Kier alpha value is -3.90. The molecule has 2 aromatic heterocycles. The van der Waals surface area contributed by atoms with Crippen LogP contribution in [0.15, 0.2) is 42.5 Å². The van der Waals surface area contributed by atoms with Crippen LogP contribution in [0.4, 0.5) is 17.2 Å². The van der Waals surface area contributed by atoms with E-state index < -0.39 is 27.1 Å². The van der Waals surface area contributed by atoms with Crippen LogP contribution in [0.2, 0.25) is 5.02 Å². The summed E-state index contributed by atoms with van der Waals surface area (Å²) >= 11 is 7.49. The molecule has 2 aromatic carbocycles. The van der Waals surface area contributed by atoms with Crippen molar-refractivity contribution in [3.05, 3.63) is 79.0 Å². The second-order valence-electron chi connectivity index (χ2n) is 6.37. The van der Waals surface area contributed by atoms with Crippen molar-refractivity contribution in [1.29, 1.82) is 0 Å². The largest absolute Gasteiger partial charge is 0.306 e. The van der Waals surface area contributed by atoms with Gasteiger partial charge in [-0.25, -0.2) is 4.98 Å². The third kappa shape index (κ3) is 3.93. The smallest absolute Gasteiger partial charge is 0.277 e. The van der Waals surface area contributed by atoms with E-state index in [1.165, 1.54) is 16.0 Å². The number of non-ortho nitro benzene ring substituents is 2. The topological polar surface area (TPSA) is 146 Å². The number of rotatable bonds is 5. The molecule has 156 valence electrons. The molecule has 31 heavy (non-hydrogen) atoms. The lowest BCUT2D eigenvalue weighted by Gasteiger charge is -2.06. The molecule has 0 spiro atoms. The highest BCUT2D eigenvalue weighted by molar-refractivity contribution is 7.20. The van der Waals surface area contributed by atoms with E-state index in [0.29, 0.717) is 21.4 Å². The molecule has 1 N–H and O–H groups in total. The van der Waals surface area contributed by atoms with E-state index in [1.807, 2.05) is 6.07 Å². The summed E-state index contributed by atoms with van der Waals surface area (Å²) in [6.07, 6.45) is 0. The van der Waals surface area contributed by atoms with E-state index in [4.69, 9.17) is 11.6 Å². The van der Waals surface area contributed by atoms with E-state index in [9.17, 15) is 25.0 Å². The molecule has 0 aliphatic carbocycles. The molecular weight excluding hydrogens is 448 g/mol. The fourth-order valence-electron chi connectivity index (χ4n) is 2.85. The normalized spacial score (nSPS) is 10.9. The van der Waals surface area contributed by atoms with Gasteiger partial charge in [-0.1, -0.05) is 29.0 Å². The van der Waals surface area contributed by atoms with Gasteiger partial charge in [-0.05, 0) is 19.1 Å². The third-order valence-electron chi connectivity index (χ3n) is 4.20. The Morgan fingerprint density at radius 1 is 1.13 bits per heavy atom. The number of hydrogen-bond acceptors (Lipinski definition) is 8. The van der Waals surface area contributed by atoms with Gasteiger partial charge in [0.05, 0.1) is 36.9 Å². The highest BCUT2D eigenvalue weighted by Crippen LogP contribution is 2.31. The zero-order valence-corrected chi connectivity index (χ0v) is 17.2. The number of carbonyl (C=O) groups is 1. The quantitative estimate of drug-likeness (QED) is 0.341. The van der Waals surface area contributed by atoms with Crippen molar-refractivity contribution in [1.82, 2.24) is 14.8 Å². The van der Waals surface area contributed by atoms with Gasteiger partial charge in [-0.15, -0.1) is 0 Å². The monoisotopic (exact) mass is 458 g/mol. The molecule has 0 bridgehead atoms. The molecule has 13 heteroatoms. The number of halogens is 1. The number of benzene rings is 2. The molecule has 0 saturated heterocycles. The molecule has 1 amide bonds. The number of fused-ring (bicyclic) bond motifs is 1. The van der Waals surface area contributed by atoms with E-state index in [-0.39, 0.29) is 11.4 Å². The van der Waals surface area contributed by atoms with Crippen molar-refractivity contribution >= 4 is 56.3 Å². The average Bonchev–Trinajstić information content (AvgIpc) is 3.31. The maximum Gasteiger partial charge on any atom is 0.277 e. The number of thiazole rings is 1. The van der Waals surface area contributed by atoms with Crippen LogP contribution in [0.1, 0.15) is 16.1 Å². The van der Waals surface area contributed by atoms with E-state index in [1.54, 1.807) is 25.1 Å². The Morgan fingerprint density at radius 2 is 1.81 bits per heavy atom. The summed E-state index contributed by atoms with van der Waals surface area (Å²) in [6.45, 7) is 1.71. The van der Waals surface area contributed by atoms with Crippen LogP contribution in [0.3, 0.4) is 0 Å². The molecule has 0 unspecified atom stereocenters. The molecule has 0 radical (unpaired) electrons. The number of nitro groups is 2. The SMILES string of the molecule is Cc1cc(NC(=O)c2cc([N+](=O)[O-])cc([N+](=O)[O-])c2)n(-c2nc3c(Cl)cccc3s2)n1. The van der Waals surface area contributed by atoms with Gasteiger partial charge in [-0.3, -0.25) is 25.0 Å². The van der Waals surface area contributed by atoms with Crippen LogP contribution < -0.4 is 5.32 Å². The number of hydrogen-bond donors (Lipinski definition) is 1. The highest BCUT2D eigenvalue weighted by atomic mass is 35.5. The minimum atomic E-state index is -0.803. The predicted octanol–water partition coefficient (Wildman–Crippen LogP) is 4.51. The minimum Gasteiger partial charge on any atom is -0.306 e. The molecule has 4 rings (SSSR count). The number of aromatic nitrogens is 3. The predicted molar refractivity (Wildman–Crippen MR) is 114 cm³/mol. The van der Waals surface area contributed by atoms with Crippen molar-refractivity contribution in [3.8, 4) is 5.13 Å². The highest BCUT2D eigenvalue weighted by Gasteiger charge is 2.22. The van der Waals surface area contributed by atoms with Gasteiger partial charge in [0.15, 0.2) is 0 Å². The number of nitrogens with one attached hydrogen (secondary N) is 1. The van der Waals surface area contributed by atoms with Crippen LogP contribution in [-0.4, -0.2) is 30.5 Å². The summed E-state index contributed by atoms with van der Waals surface area (Å²) in [5.41, 5.74) is -0.206. The van der Waals surface area contributed by atoms with Gasteiger partial charge < -0.3 is 5.32 Å². The molecule has 4 aromatic rings. The number of para-hydroxylation sites is 1. The van der Waals surface area contributed by atoms with Gasteiger partial charge in [-0.2, -0.15) is 9.78 Å². The molecule has 0 saturated carbocycles. The fraction of sp³-hybridized carbons (Fsp3) is 0.0556. The van der Waals surface area contributed by atoms with Crippen LogP contribution >= 0.6 is 22.9 Å². The first-order chi connectivity index (χ1) is 14.7. The summed E-state index contributed by atoms with van der Waals surface area (Å²) in [6, 6.07) is 9.64. The summed E-state index contributed by atoms with van der Waals surface area (Å²) in [7, 11) is 0. The lowest BCUT2D eigenvalue weighted by atomic mass is 10.1. The summed E-state index contributed by atoms with van der Waals surface area (Å²) < 4.78 is 2.22. The van der Waals surface area contributed by atoms with Crippen LogP contribution in [-0.2, 0) is 0 Å². The number of anilines is 1. The van der Waals surface area contributed by atoms with Gasteiger partial charge in [0.25, 0.3) is 17.3 Å². The van der Waals surface area contributed by atoms with Gasteiger partial charge in [0.2, 0.25) is 5.13 Å². The Labute approximate surface area is 182 Å². The van der Waals surface area contributed by atoms with Crippen LogP contribution in [0, 0.1) is 27.2 Å². The van der Waals surface area contributed by atoms with Gasteiger partial charge in [0.1, 0.15) is 11.3 Å². The van der Waals surface area contributed by atoms with Gasteiger partial charge >= 0.3 is 0 Å². The van der Waals surface area contributed by atoms with Crippen molar-refractivity contribution < 1.29 is 14.6 Å². The third-order valence-corrected chi connectivity index (χ3v) is 5.50. The lowest BCUT2D eigenvalue weighted by Crippen LogP contribution is -2.15. The second kappa shape index (κ2) is 7.74. The molecule has 0 aliphatic rings. The molecule has 0 atom stereocenters. The number of amides is 1. The van der Waals surface area contributed by atoms with E-state index in [2.05, 4.69) is 15.4 Å². The van der Waals surface area contributed by atoms with Crippen molar-refractivity contribution in [2.45, 2.75) is 6.92 Å². The first-order valence-corrected chi connectivity index (χ1v) is 9.79. The maximum atomic E-state index is 12.7.